The molecule has 4 aliphatic rings. The smallest absolute Gasteiger partial charge is 0.195 e. The van der Waals surface area contributed by atoms with Crippen molar-refractivity contribution < 1.29 is 0 Å². The minimum Gasteiger partial charge on any atom is -0.195 e. The molecule has 8 atom stereocenters. The summed E-state index contributed by atoms with van der Waals surface area (Å²) in [7, 11) is 0. The summed E-state index contributed by atoms with van der Waals surface area (Å²) in [5.41, 5.74) is 1.14. The molecule has 0 aromatic heterocycles. The first-order chi connectivity index (χ1) is 10.2. The standard InChI is InChI=1S/C20H34BCl/c1-11-7-9-13-15(19(13,3)4)17(11)21(22)18-12(2)8-10-14-16(18)20(14,5)6/h11-18H,7-10H2,1-6H3/t11-,12-,13+,14+,15-,16+,17+,18+/m1/s1. The summed E-state index contributed by atoms with van der Waals surface area (Å²) in [5, 5.41) is 0. The third kappa shape index (κ3) is 1.96. The molecular weight excluding hydrogens is 286 g/mol. The maximum atomic E-state index is 7.33. The minimum atomic E-state index is 0.425. The quantitative estimate of drug-likeness (QED) is 0.519. The molecule has 4 fully saturated rings. The predicted octanol–water partition coefficient (Wildman–Crippen LogP) is 6.36. The summed E-state index contributed by atoms with van der Waals surface area (Å²) in [6, 6.07) is 0. The minimum absolute atomic E-state index is 0.425. The number of hydrogen-bond donors (Lipinski definition) is 0. The van der Waals surface area contributed by atoms with E-state index in [0.29, 0.717) is 17.0 Å². The average molecular weight is 321 g/mol. The van der Waals surface area contributed by atoms with E-state index in [9.17, 15) is 0 Å². The molecule has 0 bridgehead atoms. The summed E-state index contributed by atoms with van der Waals surface area (Å²) in [6.45, 7) is 15.0. The average Bonchev–Trinajstić information content (AvgIpc) is 3.20. The Morgan fingerprint density at radius 1 is 0.727 bits per heavy atom. The van der Waals surface area contributed by atoms with Gasteiger partial charge in [0, 0.05) is 0 Å². The van der Waals surface area contributed by atoms with Gasteiger partial charge in [0.1, 0.15) is 0 Å². The fraction of sp³-hybridized carbons (Fsp3) is 1.00. The molecule has 0 radical (unpaired) electrons. The SMILES string of the molecule is C[C@@H]1CC[C@H]2[C@@H]([C@H]1B(Cl)[C@@H]1[C@H]3[C@H](CC[C@H]1C)C3(C)C)C2(C)C. The number of rotatable bonds is 2. The van der Waals surface area contributed by atoms with Crippen LogP contribution in [-0.2, 0) is 0 Å². The van der Waals surface area contributed by atoms with Gasteiger partial charge in [0.15, 0.2) is 0 Å². The lowest BCUT2D eigenvalue weighted by Crippen LogP contribution is -2.36. The maximum absolute atomic E-state index is 7.33. The van der Waals surface area contributed by atoms with Crippen LogP contribution in [0, 0.1) is 46.3 Å². The summed E-state index contributed by atoms with van der Waals surface area (Å²) in [4.78, 5) is 0. The zero-order valence-electron chi connectivity index (χ0n) is 15.4. The third-order valence-corrected chi connectivity index (χ3v) is 9.61. The van der Waals surface area contributed by atoms with Crippen LogP contribution in [0.25, 0.3) is 0 Å². The van der Waals surface area contributed by atoms with Crippen LogP contribution in [-0.4, -0.2) is 6.13 Å². The second-order valence-electron chi connectivity index (χ2n) is 10.6. The van der Waals surface area contributed by atoms with Gasteiger partial charge in [-0.3, -0.25) is 0 Å². The van der Waals surface area contributed by atoms with Crippen LogP contribution >= 0.6 is 11.5 Å². The Labute approximate surface area is 143 Å². The lowest BCUT2D eigenvalue weighted by atomic mass is 9.42. The van der Waals surface area contributed by atoms with Crippen molar-refractivity contribution in [2.75, 3.05) is 0 Å². The Balaban J connectivity index is 1.59. The summed E-state index contributed by atoms with van der Waals surface area (Å²) in [6.07, 6.45) is 6.16. The van der Waals surface area contributed by atoms with Gasteiger partial charge >= 0.3 is 0 Å². The van der Waals surface area contributed by atoms with Gasteiger partial charge in [0.05, 0.1) is 0 Å². The van der Waals surface area contributed by atoms with E-state index in [0.717, 1.165) is 47.1 Å². The first-order valence-corrected chi connectivity index (χ1v) is 10.3. The van der Waals surface area contributed by atoms with Crippen LogP contribution in [0.5, 0.6) is 0 Å². The van der Waals surface area contributed by atoms with Crippen molar-refractivity contribution in [3.8, 4) is 0 Å². The van der Waals surface area contributed by atoms with Gasteiger partial charge in [-0.05, 0) is 70.8 Å². The van der Waals surface area contributed by atoms with E-state index in [1.54, 1.807) is 0 Å². The van der Waals surface area contributed by atoms with Crippen LogP contribution in [0.4, 0.5) is 0 Å². The molecule has 0 aliphatic heterocycles. The summed E-state index contributed by atoms with van der Waals surface area (Å²) in [5.74, 6) is 6.98. The van der Waals surface area contributed by atoms with Crippen molar-refractivity contribution in [2.24, 2.45) is 46.3 Å². The van der Waals surface area contributed by atoms with E-state index >= 15 is 0 Å². The Hall–Kier alpha value is 0.355. The molecule has 0 nitrogen and oxygen atoms in total. The van der Waals surface area contributed by atoms with Crippen LogP contribution in [0.2, 0.25) is 11.6 Å². The highest BCUT2D eigenvalue weighted by Crippen LogP contribution is 2.75. The van der Waals surface area contributed by atoms with E-state index in [1.165, 1.54) is 25.7 Å². The molecule has 0 aromatic carbocycles. The third-order valence-electron chi connectivity index (χ3n) is 9.02. The first kappa shape index (κ1) is 15.9. The number of fused-ring (bicyclic) bond motifs is 2. The van der Waals surface area contributed by atoms with Crippen molar-refractivity contribution in [3.05, 3.63) is 0 Å². The fourth-order valence-electron chi connectivity index (χ4n) is 7.46. The molecule has 4 aliphatic carbocycles. The van der Waals surface area contributed by atoms with Gasteiger partial charge in [-0.15, -0.1) is 0 Å². The first-order valence-electron chi connectivity index (χ1n) is 9.83. The Morgan fingerprint density at radius 3 is 1.45 bits per heavy atom. The number of hydrogen-bond acceptors (Lipinski definition) is 0. The Kier molecular flexibility index (Phi) is 3.39. The van der Waals surface area contributed by atoms with Crippen molar-refractivity contribution in [2.45, 2.75) is 78.9 Å². The second kappa shape index (κ2) is 4.71. The van der Waals surface area contributed by atoms with Gasteiger partial charge < -0.3 is 0 Å². The van der Waals surface area contributed by atoms with Crippen molar-refractivity contribution >= 4 is 17.6 Å². The van der Waals surface area contributed by atoms with E-state index in [4.69, 9.17) is 11.5 Å². The molecule has 0 unspecified atom stereocenters. The van der Waals surface area contributed by atoms with E-state index in [-0.39, 0.29) is 0 Å². The van der Waals surface area contributed by atoms with Gasteiger partial charge in [0.2, 0.25) is 0 Å². The van der Waals surface area contributed by atoms with E-state index in [1.807, 2.05) is 0 Å². The monoisotopic (exact) mass is 320 g/mol. The molecule has 0 spiro atoms. The highest BCUT2D eigenvalue weighted by atomic mass is 35.5. The van der Waals surface area contributed by atoms with Crippen molar-refractivity contribution in [3.63, 3.8) is 0 Å². The fourth-order valence-corrected chi connectivity index (χ4v) is 8.27. The molecule has 0 N–H and O–H groups in total. The molecule has 0 aromatic rings. The molecule has 0 amide bonds. The molecule has 124 valence electrons. The van der Waals surface area contributed by atoms with E-state index < -0.39 is 0 Å². The lowest BCUT2D eigenvalue weighted by Gasteiger charge is -2.39. The largest absolute Gasteiger partial charge is 0.258 e. The number of halogens is 1. The molecule has 0 heterocycles. The van der Waals surface area contributed by atoms with Crippen LogP contribution in [0.15, 0.2) is 0 Å². The zero-order chi connectivity index (χ0) is 16.0. The molecular formula is C20H34BCl. The normalized spacial score (nSPS) is 54.1. The van der Waals surface area contributed by atoms with Crippen molar-refractivity contribution in [1.82, 2.24) is 0 Å². The molecule has 0 saturated heterocycles. The van der Waals surface area contributed by atoms with Crippen LogP contribution < -0.4 is 0 Å². The second-order valence-corrected chi connectivity index (χ2v) is 11.1. The lowest BCUT2D eigenvalue weighted by molar-refractivity contribution is 0.331. The van der Waals surface area contributed by atoms with Crippen LogP contribution in [0.1, 0.15) is 67.2 Å². The van der Waals surface area contributed by atoms with Gasteiger partial charge in [-0.1, -0.05) is 54.4 Å². The maximum Gasteiger partial charge on any atom is 0.258 e. The van der Waals surface area contributed by atoms with Gasteiger partial charge in [-0.2, -0.15) is 11.5 Å². The highest BCUT2D eigenvalue weighted by molar-refractivity contribution is 7.08. The molecule has 4 rings (SSSR count). The summed E-state index contributed by atoms with van der Waals surface area (Å²) < 4.78 is 0. The topological polar surface area (TPSA) is 0 Å². The molecule has 22 heavy (non-hydrogen) atoms. The Morgan fingerprint density at radius 2 is 1.09 bits per heavy atom. The zero-order valence-corrected chi connectivity index (χ0v) is 16.2. The molecule has 4 saturated carbocycles. The van der Waals surface area contributed by atoms with Gasteiger partial charge in [-0.25, -0.2) is 0 Å². The molecule has 2 heteroatoms. The predicted molar refractivity (Wildman–Crippen MR) is 97.4 cm³/mol. The van der Waals surface area contributed by atoms with E-state index in [2.05, 4.69) is 41.5 Å². The van der Waals surface area contributed by atoms with Crippen molar-refractivity contribution in [1.29, 1.82) is 0 Å². The highest BCUT2D eigenvalue weighted by Gasteiger charge is 2.69. The van der Waals surface area contributed by atoms with Gasteiger partial charge in [0.25, 0.3) is 6.13 Å². The van der Waals surface area contributed by atoms with Crippen LogP contribution in [0.3, 0.4) is 0 Å². The Bertz CT molecular complexity index is 428. The summed E-state index contributed by atoms with van der Waals surface area (Å²) >= 11 is 7.33.